The molecule has 0 bridgehead atoms. The Morgan fingerprint density at radius 1 is 1.19 bits per heavy atom. The highest BCUT2D eigenvalue weighted by molar-refractivity contribution is 7.09. The first-order chi connectivity index (χ1) is 7.79. The molecule has 0 radical (unpaired) electrons. The summed E-state index contributed by atoms with van der Waals surface area (Å²) < 4.78 is 0. The lowest BCUT2D eigenvalue weighted by Gasteiger charge is -2.13. The molecule has 1 aromatic heterocycles. The van der Waals surface area contributed by atoms with E-state index in [0.717, 1.165) is 11.4 Å². The van der Waals surface area contributed by atoms with Crippen LogP contribution in [0, 0.1) is 0 Å². The van der Waals surface area contributed by atoms with E-state index in [0.29, 0.717) is 11.8 Å². The van der Waals surface area contributed by atoms with Crippen molar-refractivity contribution in [3.05, 3.63) is 57.2 Å². The molecule has 16 heavy (non-hydrogen) atoms. The molecular weight excluding hydrogens is 259 g/mol. The molecule has 2 aromatic rings. The van der Waals surface area contributed by atoms with Gasteiger partial charge in [-0.1, -0.05) is 29.8 Å². The minimum Gasteiger partial charge on any atom is -0.149 e. The summed E-state index contributed by atoms with van der Waals surface area (Å²) in [5.74, 6) is 0.970. The Bertz CT molecular complexity index is 437. The average molecular weight is 271 g/mol. The van der Waals surface area contributed by atoms with Gasteiger partial charge in [-0.2, -0.15) is 0 Å². The Morgan fingerprint density at radius 2 is 2.06 bits per heavy atom. The molecule has 0 saturated carbocycles. The van der Waals surface area contributed by atoms with Crippen LogP contribution in [-0.2, 0) is 6.42 Å². The summed E-state index contributed by atoms with van der Waals surface area (Å²) in [6.45, 7) is 0. The van der Waals surface area contributed by atoms with E-state index in [2.05, 4.69) is 23.6 Å². The van der Waals surface area contributed by atoms with Crippen molar-refractivity contribution in [2.24, 2.45) is 0 Å². The molecule has 2 rings (SSSR count). The zero-order valence-corrected chi connectivity index (χ0v) is 11.0. The Kier molecular flexibility index (Phi) is 4.28. The predicted molar refractivity (Wildman–Crippen MR) is 72.9 cm³/mol. The van der Waals surface area contributed by atoms with E-state index < -0.39 is 0 Å². The normalized spacial score (nSPS) is 12.6. The smallest absolute Gasteiger partial charge is 0.0408 e. The predicted octanol–water partition coefficient (Wildman–Crippen LogP) is 4.97. The van der Waals surface area contributed by atoms with Crippen molar-refractivity contribution in [1.82, 2.24) is 0 Å². The fraction of sp³-hybridized carbons (Fsp3) is 0.231. The van der Waals surface area contributed by atoms with Gasteiger partial charge in [0.15, 0.2) is 0 Å². The standard InChI is InChI=1S/C13H12Cl2S/c14-9-11(8-13-5-2-6-16-13)10-3-1-4-12(15)7-10/h1-7,11H,8-9H2. The molecule has 0 aliphatic carbocycles. The summed E-state index contributed by atoms with van der Waals surface area (Å²) in [7, 11) is 0. The fourth-order valence-electron chi connectivity index (χ4n) is 1.69. The van der Waals surface area contributed by atoms with Crippen molar-refractivity contribution in [3.8, 4) is 0 Å². The fourth-order valence-corrected chi connectivity index (χ4v) is 2.97. The van der Waals surface area contributed by atoms with Gasteiger partial charge in [-0.05, 0) is 35.6 Å². The molecular formula is C13H12Cl2S. The summed E-state index contributed by atoms with van der Waals surface area (Å²) >= 11 is 13.8. The lowest BCUT2D eigenvalue weighted by atomic mass is 9.97. The second kappa shape index (κ2) is 5.72. The molecule has 1 atom stereocenters. The number of benzene rings is 1. The number of hydrogen-bond acceptors (Lipinski definition) is 1. The molecule has 0 aliphatic rings. The van der Waals surface area contributed by atoms with Crippen LogP contribution >= 0.6 is 34.5 Å². The van der Waals surface area contributed by atoms with Gasteiger partial charge in [0.1, 0.15) is 0 Å². The lowest BCUT2D eigenvalue weighted by molar-refractivity contribution is 0.776. The van der Waals surface area contributed by atoms with Gasteiger partial charge in [-0.15, -0.1) is 22.9 Å². The van der Waals surface area contributed by atoms with Crippen LogP contribution in [0.1, 0.15) is 16.4 Å². The van der Waals surface area contributed by atoms with Gasteiger partial charge in [0, 0.05) is 21.7 Å². The van der Waals surface area contributed by atoms with E-state index in [-0.39, 0.29) is 0 Å². The van der Waals surface area contributed by atoms with Crippen molar-refractivity contribution in [2.45, 2.75) is 12.3 Å². The van der Waals surface area contributed by atoms with Crippen molar-refractivity contribution in [3.63, 3.8) is 0 Å². The number of alkyl halides is 1. The maximum Gasteiger partial charge on any atom is 0.0408 e. The third kappa shape index (κ3) is 3.00. The van der Waals surface area contributed by atoms with Crippen LogP contribution in [0.2, 0.25) is 5.02 Å². The van der Waals surface area contributed by atoms with Crippen LogP contribution in [0.25, 0.3) is 0 Å². The maximum atomic E-state index is 6.03. The topological polar surface area (TPSA) is 0 Å². The van der Waals surface area contributed by atoms with Crippen molar-refractivity contribution in [1.29, 1.82) is 0 Å². The molecule has 1 aromatic carbocycles. The van der Waals surface area contributed by atoms with Gasteiger partial charge < -0.3 is 0 Å². The number of hydrogen-bond donors (Lipinski definition) is 0. The van der Waals surface area contributed by atoms with Gasteiger partial charge in [0.25, 0.3) is 0 Å². The molecule has 84 valence electrons. The Hall–Kier alpha value is -0.500. The SMILES string of the molecule is ClCC(Cc1cccs1)c1cccc(Cl)c1. The molecule has 0 N–H and O–H groups in total. The van der Waals surface area contributed by atoms with Crippen molar-refractivity contribution in [2.75, 3.05) is 5.88 Å². The first-order valence-corrected chi connectivity index (χ1v) is 6.92. The molecule has 0 nitrogen and oxygen atoms in total. The summed E-state index contributed by atoms with van der Waals surface area (Å²) in [5, 5.41) is 2.87. The van der Waals surface area contributed by atoms with E-state index >= 15 is 0 Å². The van der Waals surface area contributed by atoms with Gasteiger partial charge in [-0.25, -0.2) is 0 Å². The Labute approximate surface area is 110 Å². The zero-order chi connectivity index (χ0) is 11.4. The largest absolute Gasteiger partial charge is 0.149 e. The highest BCUT2D eigenvalue weighted by atomic mass is 35.5. The molecule has 0 spiro atoms. The lowest BCUT2D eigenvalue weighted by Crippen LogP contribution is -2.03. The van der Waals surface area contributed by atoms with Gasteiger partial charge in [-0.3, -0.25) is 0 Å². The summed E-state index contributed by atoms with van der Waals surface area (Å²) in [6.07, 6.45) is 0.988. The van der Waals surface area contributed by atoms with Crippen molar-refractivity contribution >= 4 is 34.5 Å². The minimum absolute atomic E-state index is 0.346. The van der Waals surface area contributed by atoms with Crippen LogP contribution in [0.5, 0.6) is 0 Å². The molecule has 0 fully saturated rings. The van der Waals surface area contributed by atoms with Crippen LogP contribution in [-0.4, -0.2) is 5.88 Å². The first-order valence-electron chi connectivity index (χ1n) is 5.13. The molecule has 1 unspecified atom stereocenters. The van der Waals surface area contributed by atoms with Crippen molar-refractivity contribution < 1.29 is 0 Å². The molecule has 3 heteroatoms. The van der Waals surface area contributed by atoms with Crippen LogP contribution in [0.4, 0.5) is 0 Å². The quantitative estimate of drug-likeness (QED) is 0.689. The van der Waals surface area contributed by atoms with Crippen LogP contribution in [0.3, 0.4) is 0 Å². The molecule has 0 aliphatic heterocycles. The van der Waals surface area contributed by atoms with E-state index in [1.165, 1.54) is 10.4 Å². The zero-order valence-electron chi connectivity index (χ0n) is 8.70. The van der Waals surface area contributed by atoms with E-state index in [1.54, 1.807) is 11.3 Å². The van der Waals surface area contributed by atoms with Gasteiger partial charge in [0.2, 0.25) is 0 Å². The Morgan fingerprint density at radius 3 is 2.69 bits per heavy atom. The monoisotopic (exact) mass is 270 g/mol. The molecule has 0 amide bonds. The third-order valence-corrected chi connectivity index (χ3v) is 4.04. The number of halogens is 2. The third-order valence-electron chi connectivity index (χ3n) is 2.53. The average Bonchev–Trinajstić information content (AvgIpc) is 2.78. The molecule has 1 heterocycles. The van der Waals surface area contributed by atoms with Crippen LogP contribution < -0.4 is 0 Å². The summed E-state index contributed by atoms with van der Waals surface area (Å²) in [4.78, 5) is 1.37. The first kappa shape index (κ1) is 12.0. The summed E-state index contributed by atoms with van der Waals surface area (Å²) in [5.41, 5.74) is 1.22. The second-order valence-electron chi connectivity index (χ2n) is 3.69. The molecule has 0 saturated heterocycles. The number of rotatable bonds is 4. The van der Waals surface area contributed by atoms with E-state index in [4.69, 9.17) is 23.2 Å². The van der Waals surface area contributed by atoms with E-state index in [1.807, 2.05) is 18.2 Å². The highest BCUT2D eigenvalue weighted by Crippen LogP contribution is 2.26. The maximum absolute atomic E-state index is 6.03. The minimum atomic E-state index is 0.346. The second-order valence-corrected chi connectivity index (χ2v) is 5.47. The van der Waals surface area contributed by atoms with Gasteiger partial charge in [0.05, 0.1) is 0 Å². The van der Waals surface area contributed by atoms with Crippen LogP contribution in [0.15, 0.2) is 41.8 Å². The highest BCUT2D eigenvalue weighted by Gasteiger charge is 2.12. The van der Waals surface area contributed by atoms with E-state index in [9.17, 15) is 0 Å². The Balaban J connectivity index is 2.16. The number of thiophene rings is 1. The van der Waals surface area contributed by atoms with Gasteiger partial charge >= 0.3 is 0 Å². The summed E-state index contributed by atoms with van der Waals surface area (Å²) in [6, 6.07) is 12.2.